The number of hydrogen-bond acceptors (Lipinski definition) is 3. The van der Waals surface area contributed by atoms with Crippen LogP contribution in [0.3, 0.4) is 0 Å². The fraction of sp³-hybridized carbons (Fsp3) is 0.500. The SMILES string of the molecule is CC(C)(C)c1ccc2c(c1)O[C@@](N)(C(Cl)(Cl)Cl)O2. The minimum atomic E-state index is -1.88. The molecule has 0 saturated heterocycles. The predicted molar refractivity (Wildman–Crippen MR) is 73.6 cm³/mol. The summed E-state index contributed by atoms with van der Waals surface area (Å²) in [5, 5.41) is 0. The third kappa shape index (κ3) is 2.37. The molecule has 100 valence electrons. The van der Waals surface area contributed by atoms with Crippen LogP contribution in [-0.2, 0) is 5.41 Å². The average molecular weight is 311 g/mol. The highest BCUT2D eigenvalue weighted by Gasteiger charge is 2.55. The molecular weight excluding hydrogens is 296 g/mol. The summed E-state index contributed by atoms with van der Waals surface area (Å²) in [5.41, 5.74) is 6.87. The van der Waals surface area contributed by atoms with E-state index in [1.165, 1.54) is 0 Å². The van der Waals surface area contributed by atoms with E-state index < -0.39 is 9.70 Å². The summed E-state index contributed by atoms with van der Waals surface area (Å²) in [5.74, 6) is -0.843. The maximum absolute atomic E-state index is 5.81. The third-order valence-corrected chi connectivity index (χ3v) is 3.52. The van der Waals surface area contributed by atoms with Crippen molar-refractivity contribution < 1.29 is 9.47 Å². The molecule has 18 heavy (non-hydrogen) atoms. The number of nitrogens with two attached hydrogens (primary N) is 1. The molecule has 1 aliphatic heterocycles. The maximum Gasteiger partial charge on any atom is 0.360 e. The van der Waals surface area contributed by atoms with Crippen LogP contribution in [0, 0.1) is 0 Å². The van der Waals surface area contributed by atoms with Crippen molar-refractivity contribution in [2.75, 3.05) is 0 Å². The van der Waals surface area contributed by atoms with Crippen molar-refractivity contribution >= 4 is 34.8 Å². The monoisotopic (exact) mass is 309 g/mol. The number of rotatable bonds is 0. The van der Waals surface area contributed by atoms with Crippen molar-refractivity contribution in [2.45, 2.75) is 35.9 Å². The Morgan fingerprint density at radius 2 is 1.61 bits per heavy atom. The van der Waals surface area contributed by atoms with E-state index in [2.05, 4.69) is 20.8 Å². The second-order valence-corrected chi connectivity index (χ2v) is 7.56. The van der Waals surface area contributed by atoms with Crippen molar-refractivity contribution in [1.29, 1.82) is 0 Å². The van der Waals surface area contributed by atoms with E-state index in [4.69, 9.17) is 50.0 Å². The van der Waals surface area contributed by atoms with Gasteiger partial charge in [-0.1, -0.05) is 61.6 Å². The number of benzene rings is 1. The van der Waals surface area contributed by atoms with Gasteiger partial charge in [-0.25, -0.2) is 0 Å². The highest BCUT2D eigenvalue weighted by Crippen LogP contribution is 2.48. The molecule has 0 unspecified atom stereocenters. The zero-order valence-electron chi connectivity index (χ0n) is 10.3. The Bertz CT molecular complexity index is 479. The number of halogens is 3. The highest BCUT2D eigenvalue weighted by atomic mass is 35.6. The fourth-order valence-corrected chi connectivity index (χ4v) is 1.83. The topological polar surface area (TPSA) is 44.5 Å². The van der Waals surface area contributed by atoms with E-state index in [9.17, 15) is 0 Å². The fourth-order valence-electron chi connectivity index (χ4n) is 1.60. The van der Waals surface area contributed by atoms with Gasteiger partial charge in [0.25, 0.3) is 3.79 Å². The molecule has 3 nitrogen and oxygen atoms in total. The van der Waals surface area contributed by atoms with Gasteiger partial charge < -0.3 is 9.47 Å². The number of hydrogen-bond donors (Lipinski definition) is 1. The first-order chi connectivity index (χ1) is 8.03. The Balaban J connectivity index is 2.37. The zero-order chi connectivity index (χ0) is 13.8. The van der Waals surface area contributed by atoms with Crippen molar-refractivity contribution in [3.05, 3.63) is 23.8 Å². The lowest BCUT2D eigenvalue weighted by molar-refractivity contribution is -0.0694. The smallest absolute Gasteiger partial charge is 0.360 e. The molecule has 0 saturated carbocycles. The van der Waals surface area contributed by atoms with Gasteiger partial charge in [0.2, 0.25) is 0 Å². The second kappa shape index (κ2) is 4.07. The van der Waals surface area contributed by atoms with Gasteiger partial charge in [-0.15, -0.1) is 0 Å². The highest BCUT2D eigenvalue weighted by molar-refractivity contribution is 6.68. The van der Waals surface area contributed by atoms with Crippen LogP contribution >= 0.6 is 34.8 Å². The first kappa shape index (κ1) is 14.1. The lowest BCUT2D eigenvalue weighted by Crippen LogP contribution is -2.58. The van der Waals surface area contributed by atoms with Crippen LogP contribution < -0.4 is 15.2 Å². The summed E-state index contributed by atoms with van der Waals surface area (Å²) < 4.78 is 8.96. The van der Waals surface area contributed by atoms with Gasteiger partial charge >= 0.3 is 5.91 Å². The molecule has 1 aliphatic rings. The van der Waals surface area contributed by atoms with Crippen LogP contribution in [0.15, 0.2) is 18.2 Å². The summed E-state index contributed by atoms with van der Waals surface area (Å²) in [7, 11) is 0. The summed E-state index contributed by atoms with van der Waals surface area (Å²) in [6, 6.07) is 5.55. The molecule has 2 rings (SSSR count). The zero-order valence-corrected chi connectivity index (χ0v) is 12.5. The van der Waals surface area contributed by atoms with Gasteiger partial charge in [0.05, 0.1) is 0 Å². The Hall–Kier alpha value is -0.350. The van der Waals surface area contributed by atoms with Crippen molar-refractivity contribution in [2.24, 2.45) is 5.73 Å². The van der Waals surface area contributed by atoms with Crippen molar-refractivity contribution in [1.82, 2.24) is 0 Å². The summed E-state index contributed by atoms with van der Waals surface area (Å²) in [6.45, 7) is 6.28. The van der Waals surface area contributed by atoms with Gasteiger partial charge in [-0.05, 0) is 23.1 Å². The maximum atomic E-state index is 5.81. The van der Waals surface area contributed by atoms with Gasteiger partial charge in [0, 0.05) is 0 Å². The average Bonchev–Trinajstić information content (AvgIpc) is 2.51. The molecule has 1 aromatic rings. The molecule has 0 aliphatic carbocycles. The second-order valence-electron chi connectivity index (χ2n) is 5.28. The van der Waals surface area contributed by atoms with E-state index in [-0.39, 0.29) is 5.41 Å². The summed E-state index contributed by atoms with van der Waals surface area (Å²) in [4.78, 5) is 0. The normalized spacial score (nSPS) is 23.3. The quantitative estimate of drug-likeness (QED) is 0.742. The van der Waals surface area contributed by atoms with Crippen molar-refractivity contribution in [3.63, 3.8) is 0 Å². The Labute approximate surface area is 121 Å². The number of fused-ring (bicyclic) bond motifs is 1. The molecule has 0 bridgehead atoms. The van der Waals surface area contributed by atoms with Gasteiger partial charge in [-0.3, -0.25) is 5.73 Å². The number of ether oxygens (including phenoxy) is 2. The third-order valence-electron chi connectivity index (χ3n) is 2.73. The lowest BCUT2D eigenvalue weighted by Gasteiger charge is -2.28. The van der Waals surface area contributed by atoms with E-state index in [0.717, 1.165) is 5.56 Å². The van der Waals surface area contributed by atoms with Crippen LogP contribution in [0.25, 0.3) is 0 Å². The van der Waals surface area contributed by atoms with Crippen molar-refractivity contribution in [3.8, 4) is 11.5 Å². The van der Waals surface area contributed by atoms with Crippen LogP contribution in [-0.4, -0.2) is 9.70 Å². The standard InChI is InChI=1S/C12H14Cl3NO2/c1-10(2,3)7-4-5-8-9(6-7)18-12(16,17-8)11(13,14)15/h4-6H,16H2,1-3H3/t12-/m1/s1. The lowest BCUT2D eigenvalue weighted by atomic mass is 9.87. The molecule has 0 radical (unpaired) electrons. The molecule has 6 heteroatoms. The molecule has 0 spiro atoms. The largest absolute Gasteiger partial charge is 0.433 e. The first-order valence-electron chi connectivity index (χ1n) is 5.41. The molecule has 1 atom stereocenters. The van der Waals surface area contributed by atoms with Gasteiger partial charge in [0.1, 0.15) is 0 Å². The molecule has 0 fully saturated rings. The Kier molecular flexibility index (Phi) is 3.18. The minimum Gasteiger partial charge on any atom is -0.433 e. The molecule has 1 aromatic carbocycles. The van der Waals surface area contributed by atoms with E-state index >= 15 is 0 Å². The van der Waals surface area contributed by atoms with E-state index in [1.807, 2.05) is 12.1 Å². The van der Waals surface area contributed by atoms with Gasteiger partial charge in [0.15, 0.2) is 11.5 Å². The van der Waals surface area contributed by atoms with Crippen LogP contribution in [0.2, 0.25) is 0 Å². The summed E-state index contributed by atoms with van der Waals surface area (Å²) in [6.07, 6.45) is 0. The Morgan fingerprint density at radius 1 is 1.06 bits per heavy atom. The van der Waals surface area contributed by atoms with Gasteiger partial charge in [-0.2, -0.15) is 0 Å². The minimum absolute atomic E-state index is 0.0157. The molecule has 0 aromatic heterocycles. The van der Waals surface area contributed by atoms with E-state index in [1.54, 1.807) is 6.07 Å². The molecule has 2 N–H and O–H groups in total. The molecular formula is C12H14Cl3NO2. The predicted octanol–water partition coefficient (Wildman–Crippen LogP) is 3.74. The van der Waals surface area contributed by atoms with E-state index in [0.29, 0.717) is 11.5 Å². The summed E-state index contributed by atoms with van der Waals surface area (Å²) >= 11 is 17.3. The number of alkyl halides is 3. The van der Waals surface area contributed by atoms with Crippen LogP contribution in [0.1, 0.15) is 26.3 Å². The van der Waals surface area contributed by atoms with Crippen LogP contribution in [0.5, 0.6) is 11.5 Å². The molecule has 0 amide bonds. The first-order valence-corrected chi connectivity index (χ1v) is 6.54. The molecule has 1 heterocycles. The Morgan fingerprint density at radius 3 is 2.11 bits per heavy atom. The van der Waals surface area contributed by atoms with Crippen LogP contribution in [0.4, 0.5) is 0 Å².